The maximum absolute atomic E-state index is 14.5. The largest absolute Gasteiger partial charge is 0.502 e. The number of amides is 2. The molecule has 1 aliphatic heterocycles. The lowest BCUT2D eigenvalue weighted by molar-refractivity contribution is -0.121. The van der Waals surface area contributed by atoms with Gasteiger partial charge in [-0.15, -0.1) is 0 Å². The van der Waals surface area contributed by atoms with Crippen molar-refractivity contribution >= 4 is 56.5 Å². The van der Waals surface area contributed by atoms with Gasteiger partial charge in [-0.2, -0.15) is 0 Å². The number of benzene rings is 1. The predicted octanol–water partition coefficient (Wildman–Crippen LogP) is 4.54. The van der Waals surface area contributed by atoms with Crippen LogP contribution in [-0.4, -0.2) is 38.2 Å². The number of hydrogen-bond donors (Lipinski definition) is 1. The lowest BCUT2D eigenvalue weighted by atomic mass is 10.1. The summed E-state index contributed by atoms with van der Waals surface area (Å²) in [6, 6.07) is 1.36. The summed E-state index contributed by atoms with van der Waals surface area (Å²) in [7, 11) is 1.36. The van der Waals surface area contributed by atoms with Crippen LogP contribution in [0.15, 0.2) is 27.8 Å². The van der Waals surface area contributed by atoms with Crippen molar-refractivity contribution in [2.75, 3.05) is 7.05 Å². The molecule has 2 amide bonds. The summed E-state index contributed by atoms with van der Waals surface area (Å²) in [5.41, 5.74) is 0.782. The van der Waals surface area contributed by atoms with E-state index in [9.17, 15) is 19.1 Å². The Balaban J connectivity index is 1.96. The van der Waals surface area contributed by atoms with Crippen LogP contribution < -0.4 is 4.74 Å². The third kappa shape index (κ3) is 3.98. The molecule has 1 saturated heterocycles. The zero-order chi connectivity index (χ0) is 20.6. The number of likely N-dealkylation sites (N-methyl/N-ethyl adjacent to an activating group) is 1. The molecular formula is C17H12BrClFN3O4S. The molecule has 0 radical (unpaired) electrons. The van der Waals surface area contributed by atoms with Gasteiger partial charge in [-0.25, -0.2) is 14.4 Å². The number of phenols is 1. The normalized spacial score (nSPS) is 16.8. The second kappa shape index (κ2) is 8.06. The average molecular weight is 489 g/mol. The minimum absolute atomic E-state index is 0.0669. The van der Waals surface area contributed by atoms with Crippen LogP contribution in [0.1, 0.15) is 24.2 Å². The lowest BCUT2D eigenvalue weighted by Crippen LogP contribution is -2.22. The molecule has 3 rings (SSSR count). The Bertz CT molecular complexity index is 1000. The second-order valence-electron chi connectivity index (χ2n) is 5.73. The van der Waals surface area contributed by atoms with Gasteiger partial charge >= 0.3 is 0 Å². The molecule has 1 aliphatic rings. The van der Waals surface area contributed by atoms with E-state index < -0.39 is 28.8 Å². The third-order valence-electron chi connectivity index (χ3n) is 3.86. The molecule has 1 aromatic heterocycles. The number of imide groups is 1. The summed E-state index contributed by atoms with van der Waals surface area (Å²) in [4.78, 5) is 32.5. The van der Waals surface area contributed by atoms with Crippen molar-refractivity contribution in [1.29, 1.82) is 0 Å². The second-order valence-corrected chi connectivity index (χ2v) is 7.85. The monoisotopic (exact) mass is 487 g/mol. The van der Waals surface area contributed by atoms with Gasteiger partial charge in [0.1, 0.15) is 6.10 Å². The van der Waals surface area contributed by atoms with E-state index >= 15 is 0 Å². The molecule has 1 unspecified atom stereocenters. The molecule has 1 N–H and O–H groups in total. The quantitative estimate of drug-likeness (QED) is 0.499. The van der Waals surface area contributed by atoms with Crippen LogP contribution in [0.2, 0.25) is 5.28 Å². The van der Waals surface area contributed by atoms with E-state index in [-0.39, 0.29) is 26.0 Å². The van der Waals surface area contributed by atoms with Gasteiger partial charge in [-0.1, -0.05) is 0 Å². The fourth-order valence-electron chi connectivity index (χ4n) is 2.28. The Morgan fingerprint density at radius 2 is 2.04 bits per heavy atom. The van der Waals surface area contributed by atoms with Crippen LogP contribution in [0.4, 0.5) is 9.18 Å². The van der Waals surface area contributed by atoms with Crippen molar-refractivity contribution in [1.82, 2.24) is 14.9 Å². The molecule has 1 atom stereocenters. The summed E-state index contributed by atoms with van der Waals surface area (Å²) in [6.45, 7) is 1.66. The number of aromatic nitrogens is 2. The third-order valence-corrected chi connectivity index (χ3v) is 5.82. The highest BCUT2D eigenvalue weighted by atomic mass is 79.9. The maximum atomic E-state index is 14.5. The molecule has 146 valence electrons. The van der Waals surface area contributed by atoms with Crippen LogP contribution >= 0.6 is 39.3 Å². The molecule has 1 fully saturated rings. The maximum Gasteiger partial charge on any atom is 0.293 e. The van der Waals surface area contributed by atoms with Gasteiger partial charge in [0.25, 0.3) is 11.1 Å². The van der Waals surface area contributed by atoms with Gasteiger partial charge in [0, 0.05) is 25.0 Å². The highest BCUT2D eigenvalue weighted by Gasteiger charge is 2.32. The van der Waals surface area contributed by atoms with Crippen LogP contribution in [0, 0.1) is 5.82 Å². The number of hydrogen-bond acceptors (Lipinski definition) is 7. The number of ether oxygens (including phenoxy) is 1. The molecular weight excluding hydrogens is 477 g/mol. The zero-order valence-electron chi connectivity index (χ0n) is 14.4. The van der Waals surface area contributed by atoms with E-state index in [4.69, 9.17) is 16.3 Å². The number of carbonyl (C=O) groups excluding carboxylic acids is 2. The number of rotatable bonds is 4. The van der Waals surface area contributed by atoms with E-state index in [1.165, 1.54) is 31.6 Å². The summed E-state index contributed by atoms with van der Waals surface area (Å²) < 4.78 is 20.0. The molecule has 0 spiro atoms. The lowest BCUT2D eigenvalue weighted by Gasteiger charge is -2.17. The fourth-order valence-corrected chi connectivity index (χ4v) is 3.62. The highest BCUT2D eigenvalue weighted by Crippen LogP contribution is 2.41. The van der Waals surface area contributed by atoms with Crippen molar-refractivity contribution in [3.63, 3.8) is 0 Å². The van der Waals surface area contributed by atoms with Gasteiger partial charge < -0.3 is 9.84 Å². The van der Waals surface area contributed by atoms with Crippen LogP contribution in [0.5, 0.6) is 11.5 Å². The molecule has 11 heteroatoms. The number of phenolic OH excluding ortho intramolecular Hbond substituents is 1. The van der Waals surface area contributed by atoms with Gasteiger partial charge in [0.05, 0.1) is 9.38 Å². The standard InChI is InChI=1S/C17H12BrClFN3O4S/c1-7(9-5-21-16(19)22-6-9)27-10-3-8(12(18)13(20)14(10)24)4-11-15(25)23(2)17(26)28-11/h3-7,24H,1-2H3/b11-4-. The minimum atomic E-state index is -0.959. The molecule has 2 aromatic rings. The fraction of sp³-hybridized carbons (Fsp3) is 0.176. The summed E-state index contributed by atoms with van der Waals surface area (Å²) >= 11 is 9.44. The van der Waals surface area contributed by atoms with Gasteiger partial charge in [0.2, 0.25) is 5.28 Å². The van der Waals surface area contributed by atoms with Crippen molar-refractivity contribution in [3.8, 4) is 11.5 Å². The molecule has 0 saturated carbocycles. The van der Waals surface area contributed by atoms with Crippen LogP contribution in [0.25, 0.3) is 6.08 Å². The van der Waals surface area contributed by atoms with Crippen molar-refractivity contribution in [2.45, 2.75) is 13.0 Å². The Morgan fingerprint density at radius 3 is 2.61 bits per heavy atom. The van der Waals surface area contributed by atoms with Gasteiger partial charge in [0.15, 0.2) is 17.3 Å². The Morgan fingerprint density at radius 1 is 1.39 bits per heavy atom. The molecule has 1 aromatic carbocycles. The number of aromatic hydroxyl groups is 1. The average Bonchev–Trinajstić information content (AvgIpc) is 2.91. The number of halogens is 3. The number of thioether (sulfide) groups is 1. The van der Waals surface area contributed by atoms with Crippen molar-refractivity contribution in [3.05, 3.63) is 50.1 Å². The summed E-state index contributed by atoms with van der Waals surface area (Å²) in [5.74, 6) is -2.30. The first-order valence-electron chi connectivity index (χ1n) is 7.75. The van der Waals surface area contributed by atoms with E-state index in [0.717, 1.165) is 16.7 Å². The van der Waals surface area contributed by atoms with Crippen molar-refractivity contribution < 1.29 is 23.8 Å². The first kappa shape index (κ1) is 20.6. The topological polar surface area (TPSA) is 92.6 Å². The Kier molecular flexibility index (Phi) is 5.92. The SMILES string of the molecule is CC(Oc1cc(/C=C2\SC(=O)N(C)C2=O)c(Br)c(F)c1O)c1cnc(Cl)nc1. The van der Waals surface area contributed by atoms with Crippen molar-refractivity contribution in [2.24, 2.45) is 0 Å². The van der Waals surface area contributed by atoms with E-state index in [1.54, 1.807) is 6.92 Å². The molecule has 7 nitrogen and oxygen atoms in total. The Labute approximate surface area is 176 Å². The Hall–Kier alpha value is -2.17. The number of nitrogens with zero attached hydrogens (tertiary/aromatic N) is 3. The smallest absolute Gasteiger partial charge is 0.293 e. The van der Waals surface area contributed by atoms with E-state index in [0.29, 0.717) is 5.56 Å². The first-order valence-corrected chi connectivity index (χ1v) is 9.74. The van der Waals surface area contributed by atoms with E-state index in [2.05, 4.69) is 25.9 Å². The molecule has 0 bridgehead atoms. The summed E-state index contributed by atoms with van der Waals surface area (Å²) in [6.07, 6.45) is 3.62. The molecule has 2 heterocycles. The minimum Gasteiger partial charge on any atom is -0.502 e. The van der Waals surface area contributed by atoms with Crippen LogP contribution in [-0.2, 0) is 4.79 Å². The van der Waals surface area contributed by atoms with Gasteiger partial charge in [-0.3, -0.25) is 14.5 Å². The number of carbonyl (C=O) groups is 2. The highest BCUT2D eigenvalue weighted by molar-refractivity contribution is 9.10. The molecule has 28 heavy (non-hydrogen) atoms. The van der Waals surface area contributed by atoms with E-state index in [1.807, 2.05) is 0 Å². The zero-order valence-corrected chi connectivity index (χ0v) is 17.6. The predicted molar refractivity (Wildman–Crippen MR) is 106 cm³/mol. The first-order chi connectivity index (χ1) is 13.2. The van der Waals surface area contributed by atoms with Crippen LogP contribution in [0.3, 0.4) is 0 Å². The summed E-state index contributed by atoms with van der Waals surface area (Å²) in [5, 5.41) is 9.74. The molecule has 0 aliphatic carbocycles. The van der Waals surface area contributed by atoms with Gasteiger partial charge in [-0.05, 0) is 63.9 Å².